The van der Waals surface area contributed by atoms with E-state index in [2.05, 4.69) is 46.8 Å². The zero-order valence-corrected chi connectivity index (χ0v) is 40.2. The van der Waals surface area contributed by atoms with Gasteiger partial charge in [-0.15, -0.1) is 0 Å². The minimum atomic E-state index is -1.11. The number of phenols is 2. The molecule has 0 aliphatic carbocycles. The second kappa shape index (κ2) is 23.2. The van der Waals surface area contributed by atoms with Gasteiger partial charge in [-0.05, 0) is 114 Å². The largest absolute Gasteiger partial charge is 0.670 e. The monoisotopic (exact) mass is 948 g/mol. The molecule has 12 nitrogen and oxygen atoms in total. The Hall–Kier alpha value is -5.19. The summed E-state index contributed by atoms with van der Waals surface area (Å²) >= 11 is 0. The van der Waals surface area contributed by atoms with Crippen LogP contribution in [-0.4, -0.2) is 83.0 Å². The Labute approximate surface area is 400 Å². The SMILES string of the molecule is CCc1ccc2ccccc2c1Cc1c(CC(Cc2cc[n-]c2)C(O)CC(=O)C(Cc2ccc(OCO)c3c2CSSCC(C)(O)CNCO3)c2cc(O)cc(CNC)c2)ccc(O)c1OC. The number of Topliss-reactive ketones (excluding diaryl/α,β-unsaturated/α-hetero) is 1. The number of aliphatic hydroxyl groups excluding tert-OH is 2. The normalized spacial score (nSPS) is 16.9. The van der Waals surface area contributed by atoms with E-state index >= 15 is 4.79 Å². The number of nitrogens with zero attached hydrogens (tertiary/aromatic N) is 1. The van der Waals surface area contributed by atoms with E-state index in [1.807, 2.05) is 43.4 Å². The number of ketones is 1. The van der Waals surface area contributed by atoms with Crippen molar-refractivity contribution in [1.82, 2.24) is 15.6 Å². The van der Waals surface area contributed by atoms with Crippen molar-refractivity contribution < 1.29 is 44.5 Å². The summed E-state index contributed by atoms with van der Waals surface area (Å²) in [5.41, 5.74) is 6.94. The number of aliphatic hydroxyl groups is 3. The Morgan fingerprint density at radius 3 is 2.52 bits per heavy atom. The molecule has 4 atom stereocenters. The maximum Gasteiger partial charge on any atom is 0.186 e. The van der Waals surface area contributed by atoms with E-state index in [9.17, 15) is 25.5 Å². The summed E-state index contributed by atoms with van der Waals surface area (Å²) in [6, 6.07) is 26.8. The summed E-state index contributed by atoms with van der Waals surface area (Å²) in [6.07, 6.45) is 4.50. The average Bonchev–Trinajstić information content (AvgIpc) is 3.82. The fourth-order valence-electron chi connectivity index (χ4n) is 9.20. The second-order valence-corrected chi connectivity index (χ2v) is 20.0. The highest BCUT2D eigenvalue weighted by molar-refractivity contribution is 8.76. The molecule has 7 N–H and O–H groups in total. The zero-order chi connectivity index (χ0) is 47.5. The quantitative estimate of drug-likeness (QED) is 0.0309. The molecular formula is C53H62N3O9S2-. The highest BCUT2D eigenvalue weighted by atomic mass is 33.1. The first-order valence-corrected chi connectivity index (χ1v) is 25.2. The van der Waals surface area contributed by atoms with E-state index in [0.29, 0.717) is 66.7 Å². The predicted octanol–water partition coefficient (Wildman–Crippen LogP) is 7.74. The zero-order valence-electron chi connectivity index (χ0n) is 38.6. The van der Waals surface area contributed by atoms with Gasteiger partial charge >= 0.3 is 0 Å². The van der Waals surface area contributed by atoms with Crippen LogP contribution in [0, 0.1) is 5.92 Å². The minimum Gasteiger partial charge on any atom is -0.670 e. The van der Waals surface area contributed by atoms with Crippen molar-refractivity contribution in [3.8, 4) is 28.7 Å². The lowest BCUT2D eigenvalue weighted by atomic mass is 9.80. The smallest absolute Gasteiger partial charge is 0.186 e. The molecule has 6 aromatic rings. The number of aromatic nitrogens is 1. The van der Waals surface area contributed by atoms with Crippen molar-refractivity contribution in [2.75, 3.05) is 40.0 Å². The molecule has 0 amide bonds. The van der Waals surface area contributed by atoms with Gasteiger partial charge in [-0.1, -0.05) is 94.7 Å². The van der Waals surface area contributed by atoms with Gasteiger partial charge in [0.1, 0.15) is 18.3 Å². The van der Waals surface area contributed by atoms with E-state index in [-0.39, 0.29) is 36.9 Å². The van der Waals surface area contributed by atoms with Crippen LogP contribution in [0.2, 0.25) is 0 Å². The lowest BCUT2D eigenvalue weighted by molar-refractivity contribution is -0.123. The molecule has 1 aliphatic rings. The molecule has 0 spiro atoms. The fraction of sp³-hybridized carbons (Fsp3) is 0.377. The molecule has 1 aliphatic heterocycles. The number of rotatable bonds is 19. The molecule has 7 rings (SSSR count). The number of carbonyl (C=O) groups excluding carboxylic acids is 1. The lowest BCUT2D eigenvalue weighted by Gasteiger charge is -2.27. The highest BCUT2D eigenvalue weighted by Gasteiger charge is 2.32. The Kier molecular flexibility index (Phi) is 17.2. The molecule has 14 heteroatoms. The van der Waals surface area contributed by atoms with E-state index in [4.69, 9.17) is 14.2 Å². The number of aromatic hydroxyl groups is 2. The van der Waals surface area contributed by atoms with E-state index in [0.717, 1.165) is 56.1 Å². The van der Waals surface area contributed by atoms with Gasteiger partial charge in [0.25, 0.3) is 0 Å². The summed E-state index contributed by atoms with van der Waals surface area (Å²) in [4.78, 5) is 19.5. The van der Waals surface area contributed by atoms with Crippen molar-refractivity contribution in [2.24, 2.45) is 5.92 Å². The van der Waals surface area contributed by atoms with Crippen molar-refractivity contribution in [3.05, 3.63) is 147 Å². The van der Waals surface area contributed by atoms with E-state index in [1.165, 1.54) is 16.4 Å². The Balaban J connectivity index is 1.26. The Morgan fingerprint density at radius 2 is 1.76 bits per heavy atom. The van der Waals surface area contributed by atoms with Gasteiger partial charge in [0.2, 0.25) is 0 Å². The highest BCUT2D eigenvalue weighted by Crippen LogP contribution is 2.43. The first-order chi connectivity index (χ1) is 32.4. The maximum atomic E-state index is 15.2. The number of hydrogen-bond donors (Lipinski definition) is 7. The Bertz CT molecular complexity index is 2600. The Morgan fingerprint density at radius 1 is 0.955 bits per heavy atom. The first-order valence-electron chi connectivity index (χ1n) is 22.7. The number of ether oxygens (including phenoxy) is 3. The molecule has 2 heterocycles. The number of phenolic OH excluding ortho intramolecular Hbond substituents is 2. The molecule has 5 aromatic carbocycles. The van der Waals surface area contributed by atoms with E-state index in [1.54, 1.807) is 61.5 Å². The summed E-state index contributed by atoms with van der Waals surface area (Å²) in [5.74, 6) is 0.612. The molecule has 0 saturated carbocycles. The minimum absolute atomic E-state index is 0.0216. The number of fused-ring (bicyclic) bond motifs is 2. The van der Waals surface area contributed by atoms with Gasteiger partial charge in [-0.3, -0.25) is 10.1 Å². The standard InChI is InChI=1S/C53H62N3O9S2/c1-5-35-10-11-36-8-6-7-9-42(36)43(35)24-45-37(12-14-47(59)51(45)63-4)21-40(18-33-16-17-55-27-33)48(60)25-49(61)44(39-19-34(26-54-3)20-41(58)22-39)23-38-13-15-50(65-32-57)52-46(38)28-66-67-30-53(2,62)29-56-31-64-52/h6-17,19-20,22,27,40,44,48,54,56-60,62H,5,18,21,23-26,28-32H2,1-4H3/q-1. The van der Waals surface area contributed by atoms with Crippen LogP contribution in [0.3, 0.4) is 0 Å². The molecule has 0 radical (unpaired) electrons. The number of β-amino-alcohol motifs (C(OH)–C–C–N with tert-alkyl or cyclic N) is 1. The van der Waals surface area contributed by atoms with Gasteiger partial charge < -0.3 is 50.0 Å². The molecule has 356 valence electrons. The second-order valence-electron chi connectivity index (χ2n) is 17.5. The summed E-state index contributed by atoms with van der Waals surface area (Å²) in [7, 11) is 6.44. The molecule has 0 fully saturated rings. The van der Waals surface area contributed by atoms with Crippen molar-refractivity contribution in [1.29, 1.82) is 0 Å². The van der Waals surface area contributed by atoms with Gasteiger partial charge in [0.05, 0.1) is 18.8 Å². The van der Waals surface area contributed by atoms with Crippen molar-refractivity contribution >= 4 is 38.1 Å². The average molecular weight is 949 g/mol. The molecule has 0 saturated heterocycles. The number of carbonyl (C=O) groups is 1. The van der Waals surface area contributed by atoms with Crippen molar-refractivity contribution in [2.45, 2.75) is 82.3 Å². The van der Waals surface area contributed by atoms with Gasteiger partial charge in [0, 0.05) is 54.5 Å². The van der Waals surface area contributed by atoms with Crippen LogP contribution in [0.25, 0.3) is 10.8 Å². The van der Waals surface area contributed by atoms with Crippen LogP contribution in [0.4, 0.5) is 0 Å². The van der Waals surface area contributed by atoms with Crippen LogP contribution < -0.4 is 29.8 Å². The van der Waals surface area contributed by atoms with Gasteiger partial charge in [-0.2, -0.15) is 12.4 Å². The number of benzene rings is 5. The number of methoxy groups -OCH3 is 1. The summed E-state index contributed by atoms with van der Waals surface area (Å²) in [6.45, 7) is 4.15. The van der Waals surface area contributed by atoms with Crippen LogP contribution in [-0.2, 0) is 49.2 Å². The van der Waals surface area contributed by atoms with E-state index < -0.39 is 30.3 Å². The molecule has 0 bridgehead atoms. The molecular weight excluding hydrogens is 887 g/mol. The lowest BCUT2D eigenvalue weighted by Crippen LogP contribution is -2.41. The first kappa shape index (κ1) is 49.7. The van der Waals surface area contributed by atoms with Crippen LogP contribution in [0.1, 0.15) is 76.3 Å². The number of aryl methyl sites for hydroxylation is 1. The van der Waals surface area contributed by atoms with Crippen LogP contribution in [0.5, 0.6) is 28.7 Å². The molecule has 67 heavy (non-hydrogen) atoms. The maximum absolute atomic E-state index is 15.2. The predicted molar refractivity (Wildman–Crippen MR) is 266 cm³/mol. The summed E-state index contributed by atoms with van der Waals surface area (Å²) in [5, 5.41) is 64.0. The third-order valence-electron chi connectivity index (χ3n) is 12.6. The summed E-state index contributed by atoms with van der Waals surface area (Å²) < 4.78 is 17.8. The molecule has 4 unspecified atom stereocenters. The van der Waals surface area contributed by atoms with Gasteiger partial charge in [-0.25, -0.2) is 0 Å². The van der Waals surface area contributed by atoms with Gasteiger partial charge in [0.15, 0.2) is 29.8 Å². The number of nitrogens with one attached hydrogen (secondary N) is 2. The van der Waals surface area contributed by atoms with Crippen LogP contribution in [0.15, 0.2) is 97.3 Å². The van der Waals surface area contributed by atoms with Crippen molar-refractivity contribution in [3.63, 3.8) is 0 Å². The fourth-order valence-corrected chi connectivity index (χ4v) is 11.8. The third kappa shape index (κ3) is 12.5. The van der Waals surface area contributed by atoms with Crippen LogP contribution >= 0.6 is 21.6 Å². The molecule has 1 aromatic heterocycles. The third-order valence-corrected chi connectivity index (χ3v) is 15.1. The number of hydrogen-bond acceptors (Lipinski definition) is 13. The topological polar surface area (TPSA) is 184 Å².